The van der Waals surface area contributed by atoms with Gasteiger partial charge in [-0.3, -0.25) is 0 Å². The maximum Gasteiger partial charge on any atom is 0.136 e. The van der Waals surface area contributed by atoms with Crippen LogP contribution in [0.1, 0.15) is 25.3 Å². The molecular formula is C23H18O2. The maximum absolute atomic E-state index is 6.15. The van der Waals surface area contributed by atoms with Crippen LogP contribution in [0.5, 0.6) is 0 Å². The molecule has 0 saturated heterocycles. The highest BCUT2D eigenvalue weighted by atomic mass is 16.3. The molecule has 0 N–H and O–H groups in total. The average Bonchev–Trinajstić information content (AvgIpc) is 3.17. The van der Waals surface area contributed by atoms with Gasteiger partial charge in [0, 0.05) is 21.5 Å². The smallest absolute Gasteiger partial charge is 0.136 e. The second-order valence-electron chi connectivity index (χ2n) is 6.49. The third kappa shape index (κ3) is 2.25. The number of unbranched alkanes of at least 4 members (excludes halogenated alkanes) is 1. The summed E-state index contributed by atoms with van der Waals surface area (Å²) in [4.78, 5) is 0. The standard InChI is InChI=1S/C23H18O2/c1-2-3-4-7-15-10-11-17-19-14-22-18(13-23(19)25-21(17)12-15)16-8-5-6-9-20(16)24-22/h4-14H,2-3H2,1H3. The summed E-state index contributed by atoms with van der Waals surface area (Å²) in [6.07, 6.45) is 6.64. The largest absolute Gasteiger partial charge is 0.456 e. The monoisotopic (exact) mass is 326 g/mol. The molecule has 0 bridgehead atoms. The molecule has 2 nitrogen and oxygen atoms in total. The van der Waals surface area contributed by atoms with E-state index in [0.29, 0.717) is 0 Å². The van der Waals surface area contributed by atoms with Crippen molar-refractivity contribution in [1.82, 2.24) is 0 Å². The number of furan rings is 2. The van der Waals surface area contributed by atoms with Crippen LogP contribution in [0, 0.1) is 0 Å². The molecule has 0 atom stereocenters. The fourth-order valence-corrected chi connectivity index (χ4v) is 3.50. The van der Waals surface area contributed by atoms with E-state index < -0.39 is 0 Å². The van der Waals surface area contributed by atoms with Gasteiger partial charge in [-0.1, -0.05) is 49.8 Å². The lowest BCUT2D eigenvalue weighted by Crippen LogP contribution is -1.72. The van der Waals surface area contributed by atoms with Gasteiger partial charge in [0.05, 0.1) is 0 Å². The molecular weight excluding hydrogens is 308 g/mol. The topological polar surface area (TPSA) is 26.3 Å². The van der Waals surface area contributed by atoms with Crippen LogP contribution in [0.25, 0.3) is 50.0 Å². The first-order valence-electron chi connectivity index (χ1n) is 8.77. The minimum absolute atomic E-state index is 0.906. The van der Waals surface area contributed by atoms with E-state index in [1.807, 2.05) is 18.2 Å². The molecule has 0 spiro atoms. The lowest BCUT2D eigenvalue weighted by Gasteiger charge is -1.94. The summed E-state index contributed by atoms with van der Waals surface area (Å²) in [6, 6.07) is 18.7. The minimum atomic E-state index is 0.906. The molecule has 5 aromatic rings. The Morgan fingerprint density at radius 1 is 0.720 bits per heavy atom. The Bertz CT molecular complexity index is 1250. The van der Waals surface area contributed by atoms with Crippen LogP contribution in [-0.2, 0) is 0 Å². The molecule has 122 valence electrons. The first kappa shape index (κ1) is 14.4. The summed E-state index contributed by atoms with van der Waals surface area (Å²) < 4.78 is 12.2. The zero-order valence-electron chi connectivity index (χ0n) is 14.1. The first-order chi connectivity index (χ1) is 12.3. The number of benzene rings is 3. The number of hydrogen-bond donors (Lipinski definition) is 0. The highest BCUT2D eigenvalue weighted by Gasteiger charge is 2.12. The summed E-state index contributed by atoms with van der Waals surface area (Å²) in [6.45, 7) is 2.19. The summed E-state index contributed by atoms with van der Waals surface area (Å²) in [5.74, 6) is 0. The summed E-state index contributed by atoms with van der Waals surface area (Å²) >= 11 is 0. The quantitative estimate of drug-likeness (QED) is 0.348. The van der Waals surface area contributed by atoms with Crippen LogP contribution in [0.2, 0.25) is 0 Å². The van der Waals surface area contributed by atoms with E-state index in [0.717, 1.165) is 56.7 Å². The van der Waals surface area contributed by atoms with Crippen molar-refractivity contribution in [3.63, 3.8) is 0 Å². The Kier molecular flexibility index (Phi) is 3.17. The van der Waals surface area contributed by atoms with Crippen molar-refractivity contribution >= 4 is 50.0 Å². The molecule has 5 rings (SSSR count). The third-order valence-corrected chi connectivity index (χ3v) is 4.76. The molecule has 0 aliphatic carbocycles. The van der Waals surface area contributed by atoms with Crippen LogP contribution in [0.4, 0.5) is 0 Å². The Hall–Kier alpha value is -3.00. The predicted octanol–water partition coefficient (Wildman–Crippen LogP) is 7.30. The number of allylic oxidation sites excluding steroid dienone is 1. The van der Waals surface area contributed by atoms with E-state index >= 15 is 0 Å². The summed E-state index contributed by atoms with van der Waals surface area (Å²) in [5, 5.41) is 4.46. The van der Waals surface area contributed by atoms with Crippen molar-refractivity contribution < 1.29 is 8.83 Å². The minimum Gasteiger partial charge on any atom is -0.456 e. The lowest BCUT2D eigenvalue weighted by molar-refractivity contribution is 0.664. The zero-order valence-corrected chi connectivity index (χ0v) is 14.1. The molecule has 0 saturated carbocycles. The Balaban J connectivity index is 1.74. The number of hydrogen-bond acceptors (Lipinski definition) is 2. The fourth-order valence-electron chi connectivity index (χ4n) is 3.50. The summed E-state index contributed by atoms with van der Waals surface area (Å²) in [7, 11) is 0. The van der Waals surface area contributed by atoms with Crippen molar-refractivity contribution in [3.05, 3.63) is 66.2 Å². The second-order valence-corrected chi connectivity index (χ2v) is 6.49. The predicted molar refractivity (Wildman–Crippen MR) is 105 cm³/mol. The molecule has 3 aromatic carbocycles. The van der Waals surface area contributed by atoms with E-state index in [1.54, 1.807) is 0 Å². The first-order valence-corrected chi connectivity index (χ1v) is 8.77. The van der Waals surface area contributed by atoms with Gasteiger partial charge in [0.1, 0.15) is 22.3 Å². The zero-order chi connectivity index (χ0) is 16.8. The van der Waals surface area contributed by atoms with Gasteiger partial charge < -0.3 is 8.83 Å². The fraction of sp³-hybridized carbons (Fsp3) is 0.130. The van der Waals surface area contributed by atoms with Gasteiger partial charge in [0.15, 0.2) is 0 Å². The number of fused-ring (bicyclic) bond motifs is 6. The Morgan fingerprint density at radius 2 is 1.40 bits per heavy atom. The van der Waals surface area contributed by atoms with Crippen LogP contribution in [0.15, 0.2) is 69.5 Å². The molecule has 0 amide bonds. The van der Waals surface area contributed by atoms with E-state index in [4.69, 9.17) is 8.83 Å². The van der Waals surface area contributed by atoms with E-state index in [2.05, 4.69) is 55.5 Å². The highest BCUT2D eigenvalue weighted by Crippen LogP contribution is 2.36. The third-order valence-electron chi connectivity index (χ3n) is 4.76. The van der Waals surface area contributed by atoms with E-state index in [-0.39, 0.29) is 0 Å². The molecule has 2 heterocycles. The number of para-hydroxylation sites is 1. The van der Waals surface area contributed by atoms with Crippen molar-refractivity contribution in [3.8, 4) is 0 Å². The van der Waals surface area contributed by atoms with Crippen molar-refractivity contribution in [2.75, 3.05) is 0 Å². The molecule has 2 heteroatoms. The van der Waals surface area contributed by atoms with Gasteiger partial charge in [-0.15, -0.1) is 0 Å². The van der Waals surface area contributed by atoms with Crippen LogP contribution >= 0.6 is 0 Å². The summed E-state index contributed by atoms with van der Waals surface area (Å²) in [5.41, 5.74) is 4.82. The molecule has 0 radical (unpaired) electrons. The molecule has 2 aromatic heterocycles. The van der Waals surface area contributed by atoms with Crippen LogP contribution in [0.3, 0.4) is 0 Å². The Morgan fingerprint density at radius 3 is 2.20 bits per heavy atom. The van der Waals surface area contributed by atoms with Crippen molar-refractivity contribution in [1.29, 1.82) is 0 Å². The molecule has 0 aliphatic rings. The van der Waals surface area contributed by atoms with Gasteiger partial charge in [-0.25, -0.2) is 0 Å². The lowest BCUT2D eigenvalue weighted by atomic mass is 10.1. The number of rotatable bonds is 3. The average molecular weight is 326 g/mol. The molecule has 0 fully saturated rings. The normalized spacial score (nSPS) is 12.4. The van der Waals surface area contributed by atoms with Gasteiger partial charge in [-0.05, 0) is 42.3 Å². The van der Waals surface area contributed by atoms with Gasteiger partial charge in [-0.2, -0.15) is 0 Å². The van der Waals surface area contributed by atoms with Crippen molar-refractivity contribution in [2.24, 2.45) is 0 Å². The SMILES string of the molecule is CCCC=Cc1ccc2c(c1)oc1cc3c(cc12)oc1ccccc13. The molecule has 0 unspecified atom stereocenters. The molecule has 25 heavy (non-hydrogen) atoms. The Labute approximate surface area is 145 Å². The van der Waals surface area contributed by atoms with Crippen LogP contribution in [-0.4, -0.2) is 0 Å². The second kappa shape index (κ2) is 5.52. The van der Waals surface area contributed by atoms with Crippen molar-refractivity contribution in [2.45, 2.75) is 19.8 Å². The highest BCUT2D eigenvalue weighted by molar-refractivity contribution is 6.14. The maximum atomic E-state index is 6.15. The van der Waals surface area contributed by atoms with Crippen LogP contribution < -0.4 is 0 Å². The van der Waals surface area contributed by atoms with Gasteiger partial charge >= 0.3 is 0 Å². The van der Waals surface area contributed by atoms with Gasteiger partial charge in [0.25, 0.3) is 0 Å². The molecule has 0 aliphatic heterocycles. The van der Waals surface area contributed by atoms with E-state index in [9.17, 15) is 0 Å². The van der Waals surface area contributed by atoms with Gasteiger partial charge in [0.2, 0.25) is 0 Å². The van der Waals surface area contributed by atoms with E-state index in [1.165, 1.54) is 5.56 Å².